The fourth-order valence-electron chi connectivity index (χ4n) is 3.98. The summed E-state index contributed by atoms with van der Waals surface area (Å²) in [5, 5.41) is 2.95. The van der Waals surface area contributed by atoms with Gasteiger partial charge in [-0.05, 0) is 17.5 Å². The maximum absolute atomic E-state index is 12.9. The van der Waals surface area contributed by atoms with Gasteiger partial charge in [-0.2, -0.15) is 0 Å². The lowest BCUT2D eigenvalue weighted by molar-refractivity contribution is -0.152. The van der Waals surface area contributed by atoms with Crippen LogP contribution in [0.25, 0.3) is 0 Å². The zero-order valence-corrected chi connectivity index (χ0v) is 15.4. The first-order valence-corrected chi connectivity index (χ1v) is 9.62. The van der Waals surface area contributed by atoms with Crippen molar-refractivity contribution in [3.8, 4) is 0 Å². The molecular formula is C22H25N3O2. The molecule has 140 valence electrons. The van der Waals surface area contributed by atoms with Crippen LogP contribution in [-0.2, 0) is 22.4 Å². The highest BCUT2D eigenvalue weighted by molar-refractivity contribution is 5.97. The van der Waals surface area contributed by atoms with Crippen molar-refractivity contribution in [2.24, 2.45) is 0 Å². The highest BCUT2D eigenvalue weighted by Gasteiger charge is 2.43. The molecule has 2 saturated heterocycles. The summed E-state index contributed by atoms with van der Waals surface area (Å²) in [5.41, 5.74) is 2.36. The first-order valence-electron chi connectivity index (χ1n) is 9.62. The third-order valence-electron chi connectivity index (χ3n) is 5.51. The van der Waals surface area contributed by atoms with E-state index < -0.39 is 6.04 Å². The predicted octanol–water partition coefficient (Wildman–Crippen LogP) is 1.48. The van der Waals surface area contributed by atoms with E-state index in [1.807, 2.05) is 48.5 Å². The van der Waals surface area contributed by atoms with Gasteiger partial charge in [0.05, 0.1) is 0 Å². The molecule has 0 unspecified atom stereocenters. The molecule has 2 atom stereocenters. The van der Waals surface area contributed by atoms with Crippen LogP contribution < -0.4 is 5.32 Å². The summed E-state index contributed by atoms with van der Waals surface area (Å²) >= 11 is 0. The van der Waals surface area contributed by atoms with E-state index in [-0.39, 0.29) is 17.9 Å². The number of nitrogens with one attached hydrogen (secondary N) is 1. The Hall–Kier alpha value is -2.66. The summed E-state index contributed by atoms with van der Waals surface area (Å²) in [4.78, 5) is 29.6. The predicted molar refractivity (Wildman–Crippen MR) is 104 cm³/mol. The third kappa shape index (κ3) is 4.03. The molecule has 2 fully saturated rings. The van der Waals surface area contributed by atoms with Crippen molar-refractivity contribution in [1.29, 1.82) is 0 Å². The molecule has 2 aliphatic heterocycles. The number of carbonyl (C=O) groups is 2. The van der Waals surface area contributed by atoms with Crippen molar-refractivity contribution in [2.75, 3.05) is 26.2 Å². The van der Waals surface area contributed by atoms with Gasteiger partial charge in [-0.15, -0.1) is 0 Å². The zero-order valence-electron chi connectivity index (χ0n) is 15.4. The van der Waals surface area contributed by atoms with Crippen molar-refractivity contribution < 1.29 is 9.59 Å². The van der Waals surface area contributed by atoms with Gasteiger partial charge in [0.1, 0.15) is 12.1 Å². The number of piperazine rings is 2. The SMILES string of the molecule is O=C1N[C@@H](Cc2ccccc2)C(=O)N2CCN(CCc3ccccc3)C[C@H]12. The lowest BCUT2D eigenvalue weighted by atomic mass is 9.98. The summed E-state index contributed by atoms with van der Waals surface area (Å²) in [6.45, 7) is 2.96. The highest BCUT2D eigenvalue weighted by atomic mass is 16.2. The van der Waals surface area contributed by atoms with E-state index in [2.05, 4.69) is 22.3 Å². The van der Waals surface area contributed by atoms with Crippen molar-refractivity contribution >= 4 is 11.8 Å². The standard InChI is InChI=1S/C22H25N3O2/c26-21-20-16-24(12-11-17-7-3-1-4-8-17)13-14-25(20)22(27)19(23-21)15-18-9-5-2-6-10-18/h1-10,19-20H,11-16H2,(H,23,26)/t19-,20+/m0/s1. The molecule has 2 heterocycles. The maximum atomic E-state index is 12.9. The molecule has 0 bridgehead atoms. The summed E-state index contributed by atoms with van der Waals surface area (Å²) < 4.78 is 0. The van der Waals surface area contributed by atoms with Gasteiger partial charge < -0.3 is 10.2 Å². The van der Waals surface area contributed by atoms with Crippen LogP contribution >= 0.6 is 0 Å². The van der Waals surface area contributed by atoms with Gasteiger partial charge in [-0.25, -0.2) is 0 Å². The molecule has 0 radical (unpaired) electrons. The minimum atomic E-state index is -0.452. The van der Waals surface area contributed by atoms with Gasteiger partial charge in [-0.1, -0.05) is 60.7 Å². The van der Waals surface area contributed by atoms with Crippen LogP contribution in [0.5, 0.6) is 0 Å². The average Bonchev–Trinajstić information content (AvgIpc) is 2.72. The molecule has 2 aliphatic rings. The van der Waals surface area contributed by atoms with Crippen LogP contribution in [0.2, 0.25) is 0 Å². The van der Waals surface area contributed by atoms with Crippen molar-refractivity contribution in [1.82, 2.24) is 15.1 Å². The van der Waals surface area contributed by atoms with E-state index in [0.717, 1.165) is 25.1 Å². The lowest BCUT2D eigenvalue weighted by Crippen LogP contribution is -2.69. The van der Waals surface area contributed by atoms with Gasteiger partial charge in [0.2, 0.25) is 11.8 Å². The molecule has 2 amide bonds. The largest absolute Gasteiger partial charge is 0.342 e. The molecule has 5 heteroatoms. The minimum absolute atomic E-state index is 0.0278. The Morgan fingerprint density at radius 1 is 0.889 bits per heavy atom. The topological polar surface area (TPSA) is 52.7 Å². The summed E-state index contributed by atoms with van der Waals surface area (Å²) in [6, 6.07) is 19.4. The Morgan fingerprint density at radius 3 is 2.26 bits per heavy atom. The number of benzene rings is 2. The maximum Gasteiger partial charge on any atom is 0.246 e. The number of hydrogen-bond donors (Lipinski definition) is 1. The average molecular weight is 363 g/mol. The molecule has 0 aliphatic carbocycles. The van der Waals surface area contributed by atoms with Crippen molar-refractivity contribution in [2.45, 2.75) is 24.9 Å². The fraction of sp³-hybridized carbons (Fsp3) is 0.364. The molecule has 0 saturated carbocycles. The van der Waals surface area contributed by atoms with Crippen LogP contribution in [-0.4, -0.2) is 59.9 Å². The molecule has 2 aromatic carbocycles. The number of fused-ring (bicyclic) bond motifs is 1. The molecular weight excluding hydrogens is 338 g/mol. The summed E-state index contributed by atoms with van der Waals surface area (Å²) in [6.07, 6.45) is 1.51. The van der Waals surface area contributed by atoms with E-state index in [9.17, 15) is 9.59 Å². The van der Waals surface area contributed by atoms with E-state index in [1.165, 1.54) is 5.56 Å². The summed E-state index contributed by atoms with van der Waals surface area (Å²) in [7, 11) is 0. The monoisotopic (exact) mass is 363 g/mol. The molecule has 0 aromatic heterocycles. The molecule has 2 aromatic rings. The molecule has 4 rings (SSSR count). The Balaban J connectivity index is 1.36. The van der Waals surface area contributed by atoms with Crippen LogP contribution in [0.1, 0.15) is 11.1 Å². The van der Waals surface area contributed by atoms with Crippen molar-refractivity contribution in [3.05, 3.63) is 71.8 Å². The van der Waals surface area contributed by atoms with Crippen LogP contribution in [0.3, 0.4) is 0 Å². The van der Waals surface area contributed by atoms with Gasteiger partial charge in [0.15, 0.2) is 0 Å². The van der Waals surface area contributed by atoms with E-state index >= 15 is 0 Å². The zero-order chi connectivity index (χ0) is 18.6. The van der Waals surface area contributed by atoms with E-state index in [4.69, 9.17) is 0 Å². The van der Waals surface area contributed by atoms with Gasteiger partial charge in [0.25, 0.3) is 0 Å². The number of carbonyl (C=O) groups excluding carboxylic acids is 2. The number of hydrogen-bond acceptors (Lipinski definition) is 3. The molecule has 1 N–H and O–H groups in total. The third-order valence-corrected chi connectivity index (χ3v) is 5.51. The lowest BCUT2D eigenvalue weighted by Gasteiger charge is -2.45. The number of nitrogens with zero attached hydrogens (tertiary/aromatic N) is 2. The second kappa shape index (κ2) is 7.92. The first-order chi connectivity index (χ1) is 13.2. The van der Waals surface area contributed by atoms with Crippen LogP contribution in [0.4, 0.5) is 0 Å². The van der Waals surface area contributed by atoms with Crippen molar-refractivity contribution in [3.63, 3.8) is 0 Å². The Morgan fingerprint density at radius 2 is 1.56 bits per heavy atom. The number of amides is 2. The van der Waals surface area contributed by atoms with E-state index in [0.29, 0.717) is 19.5 Å². The first kappa shape index (κ1) is 17.7. The molecule has 0 spiro atoms. The van der Waals surface area contributed by atoms with E-state index in [1.54, 1.807) is 4.90 Å². The Labute approximate surface area is 160 Å². The van der Waals surface area contributed by atoms with Gasteiger partial charge in [0, 0.05) is 32.6 Å². The van der Waals surface area contributed by atoms with Crippen LogP contribution in [0.15, 0.2) is 60.7 Å². The highest BCUT2D eigenvalue weighted by Crippen LogP contribution is 2.18. The Kier molecular flexibility index (Phi) is 5.21. The fourth-order valence-corrected chi connectivity index (χ4v) is 3.98. The normalized spacial score (nSPS) is 23.0. The molecule has 27 heavy (non-hydrogen) atoms. The number of rotatable bonds is 5. The van der Waals surface area contributed by atoms with Gasteiger partial charge in [-0.3, -0.25) is 14.5 Å². The van der Waals surface area contributed by atoms with Crippen LogP contribution in [0, 0.1) is 0 Å². The second-order valence-electron chi connectivity index (χ2n) is 7.33. The smallest absolute Gasteiger partial charge is 0.246 e. The van der Waals surface area contributed by atoms with Gasteiger partial charge >= 0.3 is 0 Å². The Bertz CT molecular complexity index is 794. The molecule has 5 nitrogen and oxygen atoms in total. The minimum Gasteiger partial charge on any atom is -0.342 e. The quantitative estimate of drug-likeness (QED) is 0.876. The second-order valence-corrected chi connectivity index (χ2v) is 7.33. The summed E-state index contributed by atoms with van der Waals surface area (Å²) in [5.74, 6) is 0.0195.